The van der Waals surface area contributed by atoms with Crippen LogP contribution in [0, 0.1) is 0 Å². The second-order valence-corrected chi connectivity index (χ2v) is 16.8. The van der Waals surface area contributed by atoms with Crippen molar-refractivity contribution >= 4 is 53.9 Å². The monoisotopic (exact) mass is 748 g/mol. The largest absolute Gasteiger partial charge is 0.0616 e. The predicted octanol–water partition coefficient (Wildman–Crippen LogP) is 16.4. The summed E-state index contributed by atoms with van der Waals surface area (Å²) in [6, 6.07) is 76.8. The number of hydrogen-bond acceptors (Lipinski definition) is 0. The van der Waals surface area contributed by atoms with E-state index in [1.54, 1.807) is 0 Å². The van der Waals surface area contributed by atoms with E-state index in [9.17, 15) is 0 Å². The maximum absolute atomic E-state index is 2.43. The second-order valence-electron chi connectivity index (χ2n) is 16.8. The summed E-state index contributed by atoms with van der Waals surface area (Å²) in [5, 5.41) is 12.8. The quantitative estimate of drug-likeness (QED) is 0.124. The summed E-state index contributed by atoms with van der Waals surface area (Å²) in [6.07, 6.45) is 0. The topological polar surface area (TPSA) is 0 Å². The Morgan fingerprint density at radius 1 is 0.271 bits per heavy atom. The molecule has 0 amide bonds. The fraction of sp³-hybridized carbons (Fsp3) is 0.0508. The van der Waals surface area contributed by atoms with E-state index in [-0.39, 0.29) is 5.41 Å². The molecule has 59 heavy (non-hydrogen) atoms. The molecule has 1 aliphatic rings. The van der Waals surface area contributed by atoms with Crippen LogP contribution in [0.2, 0.25) is 0 Å². The van der Waals surface area contributed by atoms with Gasteiger partial charge in [0.15, 0.2) is 0 Å². The van der Waals surface area contributed by atoms with Crippen molar-refractivity contribution in [3.63, 3.8) is 0 Å². The normalized spacial score (nSPS) is 13.1. The van der Waals surface area contributed by atoms with Crippen LogP contribution in [0.1, 0.15) is 25.0 Å². The van der Waals surface area contributed by atoms with E-state index in [4.69, 9.17) is 0 Å². The molecular weight excluding hydrogens is 709 g/mol. The van der Waals surface area contributed by atoms with E-state index >= 15 is 0 Å². The zero-order valence-corrected chi connectivity index (χ0v) is 33.1. The zero-order chi connectivity index (χ0) is 39.2. The van der Waals surface area contributed by atoms with Gasteiger partial charge in [-0.05, 0) is 133 Å². The highest BCUT2D eigenvalue weighted by atomic mass is 14.4. The maximum Gasteiger partial charge on any atom is 0.0165 e. The second kappa shape index (κ2) is 12.9. The highest BCUT2D eigenvalue weighted by Crippen LogP contribution is 2.54. The van der Waals surface area contributed by atoms with Crippen LogP contribution in [0.3, 0.4) is 0 Å². The van der Waals surface area contributed by atoms with Gasteiger partial charge in [0, 0.05) is 5.41 Å². The molecule has 0 fully saturated rings. The fourth-order valence-corrected chi connectivity index (χ4v) is 10.6. The summed E-state index contributed by atoms with van der Waals surface area (Å²) >= 11 is 0. The zero-order valence-electron chi connectivity index (χ0n) is 33.1. The average Bonchev–Trinajstić information content (AvgIpc) is 3.54. The van der Waals surface area contributed by atoms with Crippen LogP contribution in [0.4, 0.5) is 0 Å². The molecule has 0 heterocycles. The molecule has 0 bridgehead atoms. The summed E-state index contributed by atoms with van der Waals surface area (Å²) in [4.78, 5) is 0. The molecule has 0 spiro atoms. The molecule has 0 heteroatoms. The maximum atomic E-state index is 2.43. The molecule has 0 aromatic heterocycles. The molecule has 0 nitrogen and oxygen atoms in total. The van der Waals surface area contributed by atoms with Gasteiger partial charge >= 0.3 is 0 Å². The molecule has 0 N–H and O–H groups in total. The van der Waals surface area contributed by atoms with Gasteiger partial charge in [-0.1, -0.05) is 208 Å². The molecule has 0 saturated heterocycles. The molecular formula is C59H40. The van der Waals surface area contributed by atoms with Crippen LogP contribution in [-0.4, -0.2) is 0 Å². The van der Waals surface area contributed by atoms with Crippen LogP contribution in [-0.2, 0) is 5.41 Å². The van der Waals surface area contributed by atoms with Crippen molar-refractivity contribution in [3.05, 3.63) is 217 Å². The number of fused-ring (bicyclic) bond motifs is 10. The Bertz CT molecular complexity index is 3450. The first-order valence-electron chi connectivity index (χ1n) is 20.8. The minimum absolute atomic E-state index is 0.108. The summed E-state index contributed by atoms with van der Waals surface area (Å²) in [7, 11) is 0. The summed E-state index contributed by atoms with van der Waals surface area (Å²) < 4.78 is 0. The Labute approximate surface area is 344 Å². The highest BCUT2D eigenvalue weighted by Gasteiger charge is 2.38. The van der Waals surface area contributed by atoms with Crippen molar-refractivity contribution in [1.82, 2.24) is 0 Å². The Hall–Kier alpha value is -7.28. The van der Waals surface area contributed by atoms with Crippen molar-refractivity contribution in [3.8, 4) is 55.6 Å². The third-order valence-electron chi connectivity index (χ3n) is 13.2. The van der Waals surface area contributed by atoms with Crippen molar-refractivity contribution in [2.75, 3.05) is 0 Å². The SMILES string of the molecule is CC1(C)c2cccc(-c3cccc(-c4c5ccccc5c(-c5ccc(-c6cc7ccccc7c7ccccc67)cc5)c5ccccc45)c3)c2-c2ccc3ccccc3c21. The van der Waals surface area contributed by atoms with Crippen LogP contribution in [0.15, 0.2) is 206 Å². The smallest absolute Gasteiger partial charge is 0.0165 e. The van der Waals surface area contributed by atoms with E-state index in [1.807, 2.05) is 0 Å². The highest BCUT2D eigenvalue weighted by molar-refractivity contribution is 6.22. The van der Waals surface area contributed by atoms with Gasteiger partial charge in [0.25, 0.3) is 0 Å². The Morgan fingerprint density at radius 2 is 0.797 bits per heavy atom. The van der Waals surface area contributed by atoms with E-state index in [0.29, 0.717) is 0 Å². The molecule has 1 aliphatic carbocycles. The van der Waals surface area contributed by atoms with Crippen molar-refractivity contribution < 1.29 is 0 Å². The van der Waals surface area contributed by atoms with Gasteiger partial charge in [-0.15, -0.1) is 0 Å². The Kier molecular flexibility index (Phi) is 7.38. The van der Waals surface area contributed by atoms with Gasteiger partial charge in [-0.3, -0.25) is 0 Å². The number of rotatable bonds is 4. The molecule has 12 rings (SSSR count). The first kappa shape index (κ1) is 33.8. The average molecular weight is 749 g/mol. The predicted molar refractivity (Wildman–Crippen MR) is 253 cm³/mol. The molecule has 0 radical (unpaired) electrons. The van der Waals surface area contributed by atoms with E-state index in [2.05, 4.69) is 220 Å². The minimum atomic E-state index is -0.108. The van der Waals surface area contributed by atoms with Crippen molar-refractivity contribution in [2.24, 2.45) is 0 Å². The first-order chi connectivity index (χ1) is 29.0. The van der Waals surface area contributed by atoms with Crippen LogP contribution < -0.4 is 0 Å². The molecule has 0 atom stereocenters. The first-order valence-corrected chi connectivity index (χ1v) is 20.8. The van der Waals surface area contributed by atoms with Crippen molar-refractivity contribution in [1.29, 1.82) is 0 Å². The third-order valence-corrected chi connectivity index (χ3v) is 13.2. The fourth-order valence-electron chi connectivity index (χ4n) is 10.6. The lowest BCUT2D eigenvalue weighted by molar-refractivity contribution is 0.666. The lowest BCUT2D eigenvalue weighted by atomic mass is 9.80. The van der Waals surface area contributed by atoms with Gasteiger partial charge in [-0.2, -0.15) is 0 Å². The number of benzene rings is 11. The summed E-state index contributed by atoms with van der Waals surface area (Å²) in [5.74, 6) is 0. The molecule has 276 valence electrons. The standard InChI is InChI=1S/C59H40/c1-59(2)54-28-14-27-44(57(54)52-34-33-37-15-3-6-20-45(37)58(52)59)40-17-13-18-42(35-40)56-50-25-11-9-23-48(50)55(49-24-10-12-26-51(49)56)39-31-29-38(30-32-39)53-36-41-16-4-5-19-43(41)46-21-7-8-22-47(46)53/h3-36H,1-2H3. The molecule has 0 aliphatic heterocycles. The Morgan fingerprint density at radius 3 is 1.49 bits per heavy atom. The third kappa shape index (κ3) is 5.03. The van der Waals surface area contributed by atoms with Crippen LogP contribution in [0.5, 0.6) is 0 Å². The van der Waals surface area contributed by atoms with Crippen molar-refractivity contribution in [2.45, 2.75) is 19.3 Å². The molecule has 11 aromatic rings. The minimum Gasteiger partial charge on any atom is -0.0616 e. The van der Waals surface area contributed by atoms with Gasteiger partial charge in [0.2, 0.25) is 0 Å². The lowest BCUT2D eigenvalue weighted by Crippen LogP contribution is -2.15. The van der Waals surface area contributed by atoms with Crippen LogP contribution in [0.25, 0.3) is 109 Å². The molecule has 11 aromatic carbocycles. The molecule has 0 saturated carbocycles. The van der Waals surface area contributed by atoms with Gasteiger partial charge < -0.3 is 0 Å². The summed E-state index contributed by atoms with van der Waals surface area (Å²) in [6.45, 7) is 4.78. The van der Waals surface area contributed by atoms with E-state index in [1.165, 1.54) is 121 Å². The molecule has 0 unspecified atom stereocenters. The van der Waals surface area contributed by atoms with E-state index < -0.39 is 0 Å². The van der Waals surface area contributed by atoms with Gasteiger partial charge in [-0.25, -0.2) is 0 Å². The lowest BCUT2D eigenvalue weighted by Gasteiger charge is -2.23. The number of hydrogen-bond donors (Lipinski definition) is 0. The van der Waals surface area contributed by atoms with Crippen LogP contribution >= 0.6 is 0 Å². The Balaban J connectivity index is 1.02. The summed E-state index contributed by atoms with van der Waals surface area (Å²) in [5.41, 5.74) is 15.5. The van der Waals surface area contributed by atoms with Gasteiger partial charge in [0.05, 0.1) is 0 Å². The van der Waals surface area contributed by atoms with E-state index in [0.717, 1.165) is 0 Å². The van der Waals surface area contributed by atoms with Gasteiger partial charge in [0.1, 0.15) is 0 Å².